The summed E-state index contributed by atoms with van der Waals surface area (Å²) in [6, 6.07) is 0. The number of unbranched alkanes of at least 4 members (excludes halogenated alkanes) is 1. The molecule has 1 rings (SSSR count). The van der Waals surface area contributed by atoms with Gasteiger partial charge < -0.3 is 9.80 Å². The van der Waals surface area contributed by atoms with Gasteiger partial charge in [0.05, 0.1) is 0 Å². The molecule has 0 aromatic carbocycles. The minimum atomic E-state index is 0. The number of nitrogens with zero attached hydrogens (tertiary/aromatic N) is 2. The molecule has 0 saturated heterocycles. The van der Waals surface area contributed by atoms with E-state index in [9.17, 15) is 0 Å². The second-order valence-corrected chi connectivity index (χ2v) is 3.82. The summed E-state index contributed by atoms with van der Waals surface area (Å²) in [5.41, 5.74) is 0. The Morgan fingerprint density at radius 1 is 1.14 bits per heavy atom. The highest BCUT2D eigenvalue weighted by Crippen LogP contribution is 2.18. The predicted octanol–water partition coefficient (Wildman–Crippen LogP) is 3.21. The van der Waals surface area contributed by atoms with Crippen molar-refractivity contribution in [2.75, 3.05) is 13.6 Å². The molecule has 0 radical (unpaired) electrons. The molecule has 0 aromatic rings. The lowest BCUT2D eigenvalue weighted by Crippen LogP contribution is -2.36. The van der Waals surface area contributed by atoms with Crippen molar-refractivity contribution in [2.24, 2.45) is 0 Å². The van der Waals surface area contributed by atoms with Crippen LogP contribution in [-0.4, -0.2) is 29.6 Å². The molecule has 0 amide bonds. The molecule has 14 heavy (non-hydrogen) atoms. The molecule has 1 aliphatic heterocycles. The first-order chi connectivity index (χ1) is 6.29. The minimum absolute atomic E-state index is 0. The quantitative estimate of drug-likeness (QED) is 0.751. The van der Waals surface area contributed by atoms with Crippen molar-refractivity contribution < 1.29 is 0 Å². The summed E-state index contributed by atoms with van der Waals surface area (Å²) in [4.78, 5) is 4.78. The molecule has 2 nitrogen and oxygen atoms in total. The van der Waals surface area contributed by atoms with Gasteiger partial charge in [-0.3, -0.25) is 0 Å². The minimum Gasteiger partial charge on any atom is -0.359 e. The Labute approximate surface area is 98.7 Å². The second-order valence-electron chi connectivity index (χ2n) is 3.82. The van der Waals surface area contributed by atoms with Gasteiger partial charge in [0.15, 0.2) is 0 Å². The monoisotopic (exact) mass is 262 g/mol. The third-order valence-corrected chi connectivity index (χ3v) is 2.66. The highest BCUT2D eigenvalue weighted by atomic mass is 79.9. The van der Waals surface area contributed by atoms with E-state index in [-0.39, 0.29) is 17.0 Å². The summed E-state index contributed by atoms with van der Waals surface area (Å²) in [6.45, 7) is 5.71. The fourth-order valence-corrected chi connectivity index (χ4v) is 1.82. The molecule has 0 spiro atoms. The maximum absolute atomic E-state index is 2.47. The molecule has 0 aromatic heterocycles. The maximum Gasteiger partial charge on any atom is 0.100 e. The van der Waals surface area contributed by atoms with Gasteiger partial charge in [0.2, 0.25) is 0 Å². The zero-order valence-electron chi connectivity index (χ0n) is 9.57. The molecule has 0 fully saturated rings. The number of rotatable bonds is 5. The van der Waals surface area contributed by atoms with Crippen LogP contribution >= 0.6 is 17.0 Å². The van der Waals surface area contributed by atoms with Crippen molar-refractivity contribution in [1.82, 2.24) is 9.80 Å². The first-order valence-electron chi connectivity index (χ1n) is 5.45. The molecule has 1 heterocycles. The van der Waals surface area contributed by atoms with Gasteiger partial charge in [0.25, 0.3) is 0 Å². The van der Waals surface area contributed by atoms with E-state index in [1.54, 1.807) is 0 Å². The molecule has 0 aliphatic carbocycles. The van der Waals surface area contributed by atoms with Crippen LogP contribution in [0.5, 0.6) is 0 Å². The van der Waals surface area contributed by atoms with Crippen molar-refractivity contribution in [3.63, 3.8) is 0 Å². The number of halogens is 1. The van der Waals surface area contributed by atoms with E-state index in [0.717, 1.165) is 0 Å². The SMILES string of the molecule is Br.CCCCN1C=CN(C)C1CCC. The Hall–Kier alpha value is -0.180. The lowest BCUT2D eigenvalue weighted by atomic mass is 10.2. The van der Waals surface area contributed by atoms with E-state index in [4.69, 9.17) is 0 Å². The van der Waals surface area contributed by atoms with Crippen molar-refractivity contribution in [3.05, 3.63) is 12.4 Å². The van der Waals surface area contributed by atoms with Crippen molar-refractivity contribution in [2.45, 2.75) is 45.7 Å². The molecule has 1 atom stereocenters. The topological polar surface area (TPSA) is 6.48 Å². The zero-order valence-corrected chi connectivity index (χ0v) is 11.3. The molecule has 0 saturated carbocycles. The Balaban J connectivity index is 0.00000169. The van der Waals surface area contributed by atoms with Crippen LogP contribution in [0.4, 0.5) is 0 Å². The highest BCUT2D eigenvalue weighted by Gasteiger charge is 2.21. The smallest absolute Gasteiger partial charge is 0.100 e. The first-order valence-corrected chi connectivity index (χ1v) is 5.45. The van der Waals surface area contributed by atoms with Crippen LogP contribution < -0.4 is 0 Å². The molecular weight excluding hydrogens is 240 g/mol. The van der Waals surface area contributed by atoms with E-state index in [0.29, 0.717) is 6.17 Å². The fourth-order valence-electron chi connectivity index (χ4n) is 1.82. The summed E-state index contributed by atoms with van der Waals surface area (Å²) in [5, 5.41) is 0. The van der Waals surface area contributed by atoms with Gasteiger partial charge in [-0.2, -0.15) is 0 Å². The van der Waals surface area contributed by atoms with Gasteiger partial charge in [-0.15, -0.1) is 17.0 Å². The number of hydrogen-bond acceptors (Lipinski definition) is 2. The van der Waals surface area contributed by atoms with Crippen molar-refractivity contribution in [3.8, 4) is 0 Å². The average molecular weight is 263 g/mol. The fraction of sp³-hybridized carbons (Fsp3) is 0.818. The van der Waals surface area contributed by atoms with Gasteiger partial charge in [0.1, 0.15) is 6.17 Å². The first kappa shape index (κ1) is 13.8. The number of hydrogen-bond donors (Lipinski definition) is 0. The van der Waals surface area contributed by atoms with Crippen LogP contribution in [-0.2, 0) is 0 Å². The third kappa shape index (κ3) is 3.52. The molecule has 1 unspecified atom stereocenters. The van der Waals surface area contributed by atoms with Gasteiger partial charge in [0, 0.05) is 26.0 Å². The standard InChI is InChI=1S/C11H22N2.BrH/c1-4-6-8-13-10-9-12(3)11(13)7-5-2;/h9-11H,4-8H2,1-3H3;1H. The van der Waals surface area contributed by atoms with Crippen molar-refractivity contribution >= 4 is 17.0 Å². The van der Waals surface area contributed by atoms with Gasteiger partial charge in [-0.1, -0.05) is 26.7 Å². The lowest BCUT2D eigenvalue weighted by molar-refractivity contribution is 0.163. The van der Waals surface area contributed by atoms with Gasteiger partial charge in [-0.05, 0) is 12.8 Å². The third-order valence-electron chi connectivity index (χ3n) is 2.66. The summed E-state index contributed by atoms with van der Waals surface area (Å²) in [7, 11) is 2.17. The molecule has 3 heteroatoms. The van der Waals surface area contributed by atoms with E-state index in [2.05, 4.69) is 43.1 Å². The Morgan fingerprint density at radius 3 is 2.43 bits per heavy atom. The summed E-state index contributed by atoms with van der Waals surface area (Å²) in [5.74, 6) is 0. The molecule has 1 aliphatic rings. The molecule has 0 bridgehead atoms. The van der Waals surface area contributed by atoms with Crippen LogP contribution in [0, 0.1) is 0 Å². The summed E-state index contributed by atoms with van der Waals surface area (Å²) < 4.78 is 0. The van der Waals surface area contributed by atoms with Crippen LogP contribution in [0.25, 0.3) is 0 Å². The molecular formula is C11H23BrN2. The van der Waals surface area contributed by atoms with Gasteiger partial charge >= 0.3 is 0 Å². The van der Waals surface area contributed by atoms with Crippen LogP contribution in [0.2, 0.25) is 0 Å². The van der Waals surface area contributed by atoms with E-state index in [1.807, 2.05) is 0 Å². The second kappa shape index (κ2) is 7.16. The molecule has 0 N–H and O–H groups in total. The van der Waals surface area contributed by atoms with Crippen LogP contribution in [0.3, 0.4) is 0 Å². The van der Waals surface area contributed by atoms with Crippen LogP contribution in [0.15, 0.2) is 12.4 Å². The predicted molar refractivity (Wildman–Crippen MR) is 67.5 cm³/mol. The summed E-state index contributed by atoms with van der Waals surface area (Å²) >= 11 is 0. The maximum atomic E-state index is 2.47. The largest absolute Gasteiger partial charge is 0.359 e. The average Bonchev–Trinajstić information content (AvgIpc) is 2.46. The normalized spacial score (nSPS) is 20.1. The van der Waals surface area contributed by atoms with E-state index < -0.39 is 0 Å². The van der Waals surface area contributed by atoms with Crippen molar-refractivity contribution in [1.29, 1.82) is 0 Å². The van der Waals surface area contributed by atoms with Crippen LogP contribution in [0.1, 0.15) is 39.5 Å². The zero-order chi connectivity index (χ0) is 9.68. The van der Waals surface area contributed by atoms with E-state index >= 15 is 0 Å². The van der Waals surface area contributed by atoms with E-state index in [1.165, 1.54) is 32.2 Å². The highest BCUT2D eigenvalue weighted by molar-refractivity contribution is 8.93. The molecule has 84 valence electrons. The Morgan fingerprint density at radius 2 is 1.86 bits per heavy atom. The Kier molecular flexibility index (Phi) is 7.06. The Bertz CT molecular complexity index is 171. The lowest BCUT2D eigenvalue weighted by Gasteiger charge is -2.30. The summed E-state index contributed by atoms with van der Waals surface area (Å²) in [6.07, 6.45) is 10.2. The van der Waals surface area contributed by atoms with Gasteiger partial charge in [-0.25, -0.2) is 0 Å².